The molecule has 1 aliphatic heterocycles. The molecule has 0 saturated carbocycles. The molecule has 1 heterocycles. The van der Waals surface area contributed by atoms with Crippen LogP contribution in [0.1, 0.15) is 27.2 Å². The summed E-state index contributed by atoms with van der Waals surface area (Å²) in [6.07, 6.45) is 1.27. The molecule has 0 bridgehead atoms. The summed E-state index contributed by atoms with van der Waals surface area (Å²) in [6, 6.07) is 1.40. The Kier molecular flexibility index (Phi) is 3.53. The monoisotopic (exact) mass is 170 g/mol. The average molecular weight is 170 g/mol. The molecule has 3 atom stereocenters. The third-order valence-corrected chi connectivity index (χ3v) is 3.22. The molecular weight excluding hydrogens is 148 g/mol. The second-order valence-corrected chi connectivity index (χ2v) is 4.30. The lowest BCUT2D eigenvalue weighted by atomic mass is 9.99. The second kappa shape index (κ2) is 4.24. The summed E-state index contributed by atoms with van der Waals surface area (Å²) in [5.41, 5.74) is 0. The predicted molar refractivity (Wildman–Crippen MR) is 53.3 cm³/mol. The molecule has 1 N–H and O–H groups in total. The summed E-state index contributed by atoms with van der Waals surface area (Å²) < 4.78 is 0. The van der Waals surface area contributed by atoms with Crippen molar-refractivity contribution in [2.75, 3.05) is 20.1 Å². The Labute approximate surface area is 76.3 Å². The first-order valence-electron chi connectivity index (χ1n) is 5.05. The van der Waals surface area contributed by atoms with Gasteiger partial charge >= 0.3 is 0 Å². The van der Waals surface area contributed by atoms with Crippen LogP contribution in [0.5, 0.6) is 0 Å². The van der Waals surface area contributed by atoms with Gasteiger partial charge in [0.1, 0.15) is 0 Å². The molecule has 0 aromatic heterocycles. The highest BCUT2D eigenvalue weighted by molar-refractivity contribution is 4.77. The molecule has 0 aliphatic carbocycles. The van der Waals surface area contributed by atoms with Crippen LogP contribution < -0.4 is 5.32 Å². The van der Waals surface area contributed by atoms with Gasteiger partial charge in [0.2, 0.25) is 0 Å². The van der Waals surface area contributed by atoms with Gasteiger partial charge in [-0.25, -0.2) is 0 Å². The van der Waals surface area contributed by atoms with Gasteiger partial charge in [-0.3, -0.25) is 0 Å². The van der Waals surface area contributed by atoms with Crippen molar-refractivity contribution >= 4 is 0 Å². The topological polar surface area (TPSA) is 15.3 Å². The standard InChI is InChI=1S/C10H22N2/c1-8-7-11-9(2)5-6-12(4)10(8)3/h8-11H,5-7H2,1-4H3. The summed E-state index contributed by atoms with van der Waals surface area (Å²) in [4.78, 5) is 2.47. The van der Waals surface area contributed by atoms with Crippen molar-refractivity contribution in [3.8, 4) is 0 Å². The Morgan fingerprint density at radius 3 is 2.58 bits per heavy atom. The van der Waals surface area contributed by atoms with E-state index in [0.29, 0.717) is 12.1 Å². The molecule has 1 fully saturated rings. The van der Waals surface area contributed by atoms with Gasteiger partial charge in [-0.1, -0.05) is 6.92 Å². The van der Waals surface area contributed by atoms with Gasteiger partial charge in [-0.2, -0.15) is 0 Å². The number of nitrogens with one attached hydrogen (secondary N) is 1. The second-order valence-electron chi connectivity index (χ2n) is 4.30. The van der Waals surface area contributed by atoms with E-state index >= 15 is 0 Å². The van der Waals surface area contributed by atoms with Crippen molar-refractivity contribution in [2.45, 2.75) is 39.3 Å². The molecule has 0 amide bonds. The van der Waals surface area contributed by atoms with E-state index in [0.717, 1.165) is 12.5 Å². The third kappa shape index (κ3) is 2.46. The Morgan fingerprint density at radius 1 is 1.25 bits per heavy atom. The maximum atomic E-state index is 3.56. The van der Waals surface area contributed by atoms with Crippen LogP contribution in [0.25, 0.3) is 0 Å². The summed E-state index contributed by atoms with van der Waals surface area (Å²) in [6.45, 7) is 9.30. The lowest BCUT2D eigenvalue weighted by Gasteiger charge is -2.34. The Balaban J connectivity index is 2.48. The van der Waals surface area contributed by atoms with E-state index in [2.05, 4.69) is 38.0 Å². The number of hydrogen-bond donors (Lipinski definition) is 1. The molecule has 0 radical (unpaired) electrons. The van der Waals surface area contributed by atoms with E-state index in [-0.39, 0.29) is 0 Å². The Morgan fingerprint density at radius 2 is 1.92 bits per heavy atom. The van der Waals surface area contributed by atoms with Crippen molar-refractivity contribution in [3.05, 3.63) is 0 Å². The third-order valence-electron chi connectivity index (χ3n) is 3.22. The highest BCUT2D eigenvalue weighted by Crippen LogP contribution is 2.12. The summed E-state index contributed by atoms with van der Waals surface area (Å²) in [5, 5.41) is 3.56. The molecule has 12 heavy (non-hydrogen) atoms. The smallest absolute Gasteiger partial charge is 0.0102 e. The lowest BCUT2D eigenvalue weighted by molar-refractivity contribution is 0.167. The largest absolute Gasteiger partial charge is 0.314 e. The van der Waals surface area contributed by atoms with Crippen molar-refractivity contribution in [3.63, 3.8) is 0 Å². The zero-order valence-corrected chi connectivity index (χ0v) is 8.80. The van der Waals surface area contributed by atoms with Crippen molar-refractivity contribution in [1.29, 1.82) is 0 Å². The quantitative estimate of drug-likeness (QED) is 0.590. The zero-order chi connectivity index (χ0) is 9.14. The first kappa shape index (κ1) is 10.0. The molecular formula is C10H22N2. The first-order chi connectivity index (χ1) is 5.61. The molecule has 3 unspecified atom stereocenters. The molecule has 1 rings (SSSR count). The summed E-state index contributed by atoms with van der Waals surface area (Å²) in [5.74, 6) is 0.762. The highest BCUT2D eigenvalue weighted by atomic mass is 15.1. The van der Waals surface area contributed by atoms with E-state index in [4.69, 9.17) is 0 Å². The van der Waals surface area contributed by atoms with Crippen LogP contribution in [0.4, 0.5) is 0 Å². The van der Waals surface area contributed by atoms with E-state index in [1.54, 1.807) is 0 Å². The highest BCUT2D eigenvalue weighted by Gasteiger charge is 2.20. The van der Waals surface area contributed by atoms with Gasteiger partial charge in [-0.05, 0) is 46.3 Å². The van der Waals surface area contributed by atoms with Gasteiger partial charge in [0.15, 0.2) is 0 Å². The van der Waals surface area contributed by atoms with Crippen LogP contribution >= 0.6 is 0 Å². The molecule has 1 saturated heterocycles. The van der Waals surface area contributed by atoms with Gasteiger partial charge in [-0.15, -0.1) is 0 Å². The minimum atomic E-state index is 0.683. The Bertz CT molecular complexity index is 122. The predicted octanol–water partition coefficient (Wildman–Crippen LogP) is 1.32. The molecule has 2 nitrogen and oxygen atoms in total. The minimum absolute atomic E-state index is 0.683. The minimum Gasteiger partial charge on any atom is -0.314 e. The first-order valence-corrected chi connectivity index (χ1v) is 5.05. The van der Waals surface area contributed by atoms with Crippen LogP contribution in [-0.2, 0) is 0 Å². The molecule has 2 heteroatoms. The van der Waals surface area contributed by atoms with Gasteiger partial charge < -0.3 is 10.2 Å². The lowest BCUT2D eigenvalue weighted by Crippen LogP contribution is -2.45. The fraction of sp³-hybridized carbons (Fsp3) is 1.00. The number of hydrogen-bond acceptors (Lipinski definition) is 2. The molecule has 0 spiro atoms. The van der Waals surface area contributed by atoms with Gasteiger partial charge in [0.25, 0.3) is 0 Å². The van der Waals surface area contributed by atoms with E-state index < -0.39 is 0 Å². The zero-order valence-electron chi connectivity index (χ0n) is 8.80. The van der Waals surface area contributed by atoms with Crippen LogP contribution in [-0.4, -0.2) is 37.1 Å². The molecule has 0 aromatic rings. The maximum absolute atomic E-state index is 3.56. The summed E-state index contributed by atoms with van der Waals surface area (Å²) >= 11 is 0. The summed E-state index contributed by atoms with van der Waals surface area (Å²) in [7, 11) is 2.24. The SMILES string of the molecule is CC1CCN(C)C(C)C(C)CN1. The normalized spacial score (nSPS) is 40.5. The van der Waals surface area contributed by atoms with Crippen LogP contribution in [0, 0.1) is 5.92 Å². The fourth-order valence-corrected chi connectivity index (χ4v) is 1.70. The van der Waals surface area contributed by atoms with Crippen molar-refractivity contribution in [2.24, 2.45) is 5.92 Å². The average Bonchev–Trinajstić information content (AvgIpc) is 2.07. The van der Waals surface area contributed by atoms with Gasteiger partial charge in [0.05, 0.1) is 0 Å². The van der Waals surface area contributed by atoms with Crippen molar-refractivity contribution < 1.29 is 0 Å². The number of nitrogens with zero attached hydrogens (tertiary/aromatic N) is 1. The molecule has 0 aromatic carbocycles. The van der Waals surface area contributed by atoms with E-state index in [1.165, 1.54) is 13.0 Å². The fourth-order valence-electron chi connectivity index (χ4n) is 1.70. The van der Waals surface area contributed by atoms with Crippen molar-refractivity contribution in [1.82, 2.24) is 10.2 Å². The van der Waals surface area contributed by atoms with Crippen LogP contribution in [0.15, 0.2) is 0 Å². The van der Waals surface area contributed by atoms with E-state index in [1.807, 2.05) is 0 Å². The van der Waals surface area contributed by atoms with Crippen LogP contribution in [0.3, 0.4) is 0 Å². The maximum Gasteiger partial charge on any atom is 0.0102 e. The van der Waals surface area contributed by atoms with E-state index in [9.17, 15) is 0 Å². The van der Waals surface area contributed by atoms with Gasteiger partial charge in [0, 0.05) is 12.1 Å². The van der Waals surface area contributed by atoms with Crippen LogP contribution in [0.2, 0.25) is 0 Å². The molecule has 1 aliphatic rings. The molecule has 72 valence electrons. The number of rotatable bonds is 0. The Hall–Kier alpha value is -0.0800.